The van der Waals surface area contributed by atoms with Crippen LogP contribution >= 0.6 is 11.3 Å². The van der Waals surface area contributed by atoms with Gasteiger partial charge in [-0.25, -0.2) is 0 Å². The molecule has 1 N–H and O–H groups in total. The summed E-state index contributed by atoms with van der Waals surface area (Å²) < 4.78 is 5.37. The number of benzene rings is 1. The van der Waals surface area contributed by atoms with Gasteiger partial charge in [0.1, 0.15) is 5.75 Å². The maximum Gasteiger partial charge on any atom is 0.193 e. The molecule has 0 amide bonds. The van der Waals surface area contributed by atoms with Gasteiger partial charge in [-0.2, -0.15) is 0 Å². The molecular formula is C22H31N5OS. The summed E-state index contributed by atoms with van der Waals surface area (Å²) in [6, 6.07) is 12.7. The molecule has 1 atom stereocenters. The zero-order chi connectivity index (χ0) is 20.1. The molecule has 0 spiro atoms. The second-order valence-electron chi connectivity index (χ2n) is 7.66. The fraction of sp³-hybridized carbons (Fsp3) is 0.500. The van der Waals surface area contributed by atoms with E-state index in [2.05, 4.69) is 60.7 Å². The monoisotopic (exact) mass is 413 g/mol. The Morgan fingerprint density at radius 3 is 2.72 bits per heavy atom. The van der Waals surface area contributed by atoms with E-state index in [0.29, 0.717) is 5.92 Å². The molecule has 6 nitrogen and oxygen atoms in total. The zero-order valence-corrected chi connectivity index (χ0v) is 18.2. The molecule has 2 aliphatic heterocycles. The van der Waals surface area contributed by atoms with E-state index in [4.69, 9.17) is 4.74 Å². The first kappa shape index (κ1) is 19.9. The highest BCUT2D eigenvalue weighted by Gasteiger charge is 2.25. The minimum Gasteiger partial charge on any atom is -0.497 e. The molecule has 3 heterocycles. The van der Waals surface area contributed by atoms with Gasteiger partial charge >= 0.3 is 0 Å². The Bertz CT molecular complexity index is 801. The number of methoxy groups -OCH3 is 1. The van der Waals surface area contributed by atoms with Gasteiger partial charge in [-0.3, -0.25) is 4.99 Å². The van der Waals surface area contributed by atoms with Gasteiger partial charge in [0.25, 0.3) is 0 Å². The van der Waals surface area contributed by atoms with Crippen molar-refractivity contribution in [2.75, 3.05) is 69.8 Å². The Kier molecular flexibility index (Phi) is 6.44. The third kappa shape index (κ3) is 4.78. The van der Waals surface area contributed by atoms with Crippen LogP contribution in [0.3, 0.4) is 0 Å². The lowest BCUT2D eigenvalue weighted by Gasteiger charge is -2.37. The maximum absolute atomic E-state index is 5.37. The molecule has 0 aliphatic carbocycles. The van der Waals surface area contributed by atoms with Gasteiger partial charge in [0, 0.05) is 64.6 Å². The number of hydrogen-bond donors (Lipinski definition) is 1. The van der Waals surface area contributed by atoms with Crippen molar-refractivity contribution in [3.05, 3.63) is 41.8 Å². The van der Waals surface area contributed by atoms with E-state index in [1.165, 1.54) is 17.1 Å². The number of hydrogen-bond acceptors (Lipinski definition) is 5. The Morgan fingerprint density at radius 1 is 1.14 bits per heavy atom. The van der Waals surface area contributed by atoms with Crippen molar-refractivity contribution in [1.82, 2.24) is 10.2 Å². The molecule has 1 aromatic heterocycles. The summed E-state index contributed by atoms with van der Waals surface area (Å²) in [5, 5.41) is 7.16. The summed E-state index contributed by atoms with van der Waals surface area (Å²) in [5.74, 6) is 2.59. The third-order valence-electron chi connectivity index (χ3n) is 5.86. The number of aliphatic imine (C=N–C) groups is 1. The molecule has 2 fully saturated rings. The van der Waals surface area contributed by atoms with Crippen LogP contribution in [-0.4, -0.2) is 70.8 Å². The predicted molar refractivity (Wildman–Crippen MR) is 123 cm³/mol. The third-order valence-corrected chi connectivity index (χ3v) is 6.79. The van der Waals surface area contributed by atoms with Crippen molar-refractivity contribution in [2.45, 2.75) is 6.42 Å². The van der Waals surface area contributed by atoms with E-state index in [1.54, 1.807) is 7.11 Å². The van der Waals surface area contributed by atoms with Gasteiger partial charge in [0.2, 0.25) is 0 Å². The molecule has 4 rings (SSSR count). The maximum atomic E-state index is 5.37. The standard InChI is InChI=1S/C22H31N5OS/c1-23-22(26-12-10-25(11-13-26)21-7-4-14-29-21)24-16-18-8-9-27(17-18)19-5-3-6-20(15-19)28-2/h3-7,14-15,18H,8-13,16-17H2,1-2H3,(H,23,24). The normalized spacial score (nSPS) is 20.3. The van der Waals surface area contributed by atoms with Crippen molar-refractivity contribution in [3.8, 4) is 5.75 Å². The molecule has 0 bridgehead atoms. The van der Waals surface area contributed by atoms with E-state index < -0.39 is 0 Å². The quantitative estimate of drug-likeness (QED) is 0.603. The van der Waals surface area contributed by atoms with E-state index in [-0.39, 0.29) is 0 Å². The van der Waals surface area contributed by atoms with Crippen molar-refractivity contribution in [3.63, 3.8) is 0 Å². The van der Waals surface area contributed by atoms with Crippen LogP contribution in [0.25, 0.3) is 0 Å². The molecule has 2 aromatic rings. The number of rotatable bonds is 5. The molecule has 2 aliphatic rings. The van der Waals surface area contributed by atoms with Crippen LogP contribution in [0.4, 0.5) is 10.7 Å². The average Bonchev–Trinajstić information content (AvgIpc) is 3.47. The predicted octanol–water partition coefficient (Wildman–Crippen LogP) is 2.98. The fourth-order valence-corrected chi connectivity index (χ4v) is 4.98. The number of anilines is 2. The first-order valence-electron chi connectivity index (χ1n) is 10.4. The molecule has 0 saturated carbocycles. The summed E-state index contributed by atoms with van der Waals surface area (Å²) in [5.41, 5.74) is 1.25. The molecule has 1 aromatic carbocycles. The number of piperazine rings is 1. The first-order valence-corrected chi connectivity index (χ1v) is 11.3. The summed E-state index contributed by atoms with van der Waals surface area (Å²) in [4.78, 5) is 11.9. The summed E-state index contributed by atoms with van der Waals surface area (Å²) >= 11 is 1.82. The van der Waals surface area contributed by atoms with E-state index >= 15 is 0 Å². The van der Waals surface area contributed by atoms with Crippen molar-refractivity contribution in [1.29, 1.82) is 0 Å². The van der Waals surface area contributed by atoms with Gasteiger partial charge in [0.05, 0.1) is 12.1 Å². The Morgan fingerprint density at radius 2 is 2.00 bits per heavy atom. The van der Waals surface area contributed by atoms with Gasteiger partial charge in [-0.05, 0) is 42.0 Å². The molecular weight excluding hydrogens is 382 g/mol. The van der Waals surface area contributed by atoms with E-state index in [0.717, 1.165) is 57.5 Å². The number of ether oxygens (including phenoxy) is 1. The Labute approximate surface area is 177 Å². The van der Waals surface area contributed by atoms with Crippen LogP contribution in [-0.2, 0) is 0 Å². The Balaban J connectivity index is 1.25. The van der Waals surface area contributed by atoms with Crippen molar-refractivity contribution < 1.29 is 4.74 Å². The second kappa shape index (κ2) is 9.39. The van der Waals surface area contributed by atoms with Crippen molar-refractivity contribution in [2.24, 2.45) is 10.9 Å². The molecule has 29 heavy (non-hydrogen) atoms. The minimum absolute atomic E-state index is 0.630. The van der Waals surface area contributed by atoms with Crippen LogP contribution in [0.1, 0.15) is 6.42 Å². The molecule has 156 valence electrons. The smallest absolute Gasteiger partial charge is 0.193 e. The lowest BCUT2D eigenvalue weighted by atomic mass is 10.1. The van der Waals surface area contributed by atoms with Crippen LogP contribution in [0, 0.1) is 5.92 Å². The van der Waals surface area contributed by atoms with E-state index in [9.17, 15) is 0 Å². The zero-order valence-electron chi connectivity index (χ0n) is 17.4. The first-order chi connectivity index (χ1) is 14.3. The van der Waals surface area contributed by atoms with E-state index in [1.807, 2.05) is 24.5 Å². The number of nitrogens with one attached hydrogen (secondary N) is 1. The highest BCUT2D eigenvalue weighted by molar-refractivity contribution is 7.14. The SMILES string of the molecule is CN=C(NCC1CCN(c2cccc(OC)c2)C1)N1CCN(c2cccs2)CC1. The van der Waals surface area contributed by atoms with Crippen LogP contribution in [0.2, 0.25) is 0 Å². The second-order valence-corrected chi connectivity index (χ2v) is 8.58. The highest BCUT2D eigenvalue weighted by Crippen LogP contribution is 2.27. The summed E-state index contributed by atoms with van der Waals surface area (Å²) in [6.07, 6.45) is 1.20. The van der Waals surface area contributed by atoms with Crippen LogP contribution in [0.15, 0.2) is 46.8 Å². The largest absolute Gasteiger partial charge is 0.497 e. The summed E-state index contributed by atoms with van der Waals surface area (Å²) in [6.45, 7) is 7.26. The van der Waals surface area contributed by atoms with Crippen LogP contribution < -0.4 is 19.9 Å². The number of nitrogens with zero attached hydrogens (tertiary/aromatic N) is 4. The van der Waals surface area contributed by atoms with Gasteiger partial charge in [-0.15, -0.1) is 11.3 Å². The average molecular weight is 414 g/mol. The lowest BCUT2D eigenvalue weighted by molar-refractivity contribution is 0.370. The van der Waals surface area contributed by atoms with Gasteiger partial charge in [0.15, 0.2) is 5.96 Å². The van der Waals surface area contributed by atoms with Crippen molar-refractivity contribution >= 4 is 28.0 Å². The highest BCUT2D eigenvalue weighted by atomic mass is 32.1. The number of thiophene rings is 1. The van der Waals surface area contributed by atoms with Gasteiger partial charge < -0.3 is 24.8 Å². The minimum atomic E-state index is 0.630. The lowest BCUT2D eigenvalue weighted by Crippen LogP contribution is -2.53. The summed E-state index contributed by atoms with van der Waals surface area (Å²) in [7, 11) is 3.62. The van der Waals surface area contributed by atoms with Crippen LogP contribution in [0.5, 0.6) is 5.75 Å². The molecule has 1 unspecified atom stereocenters. The topological polar surface area (TPSA) is 43.3 Å². The molecule has 0 radical (unpaired) electrons. The van der Waals surface area contributed by atoms with Gasteiger partial charge in [-0.1, -0.05) is 6.07 Å². The Hall–Kier alpha value is -2.41. The number of guanidine groups is 1. The molecule has 2 saturated heterocycles. The fourth-order valence-electron chi connectivity index (χ4n) is 4.20. The molecule has 7 heteroatoms.